The summed E-state index contributed by atoms with van der Waals surface area (Å²) in [5, 5.41) is 13.2. The molecule has 3 heteroatoms. The minimum atomic E-state index is 0.187. The zero-order valence-corrected chi connectivity index (χ0v) is 11.8. The van der Waals surface area contributed by atoms with Crippen molar-refractivity contribution in [2.45, 2.75) is 33.2 Å². The highest BCUT2D eigenvalue weighted by Crippen LogP contribution is 2.22. The van der Waals surface area contributed by atoms with E-state index < -0.39 is 0 Å². The van der Waals surface area contributed by atoms with E-state index in [4.69, 9.17) is 0 Å². The van der Waals surface area contributed by atoms with Crippen molar-refractivity contribution in [2.24, 2.45) is 0 Å². The number of phenolic OH excluding ortho intramolecular Hbond substituents is 1. The molecule has 0 saturated carbocycles. The summed E-state index contributed by atoms with van der Waals surface area (Å²) in [5.41, 5.74) is 0.969. The summed E-state index contributed by atoms with van der Waals surface area (Å²) in [6, 6.07) is 7.71. The second-order valence-electron chi connectivity index (χ2n) is 4.67. The van der Waals surface area contributed by atoms with Gasteiger partial charge in [0.2, 0.25) is 0 Å². The van der Waals surface area contributed by atoms with Crippen LogP contribution in [0.4, 0.5) is 0 Å². The number of phenols is 1. The van der Waals surface area contributed by atoms with Gasteiger partial charge in [0.05, 0.1) is 0 Å². The third-order valence-electron chi connectivity index (χ3n) is 3.27. The largest absolute Gasteiger partial charge is 0.508 e. The lowest BCUT2D eigenvalue weighted by Gasteiger charge is -2.22. The third-order valence-corrected chi connectivity index (χ3v) is 3.27. The predicted octanol–water partition coefficient (Wildman–Crippen LogP) is 2.77. The highest BCUT2D eigenvalue weighted by atomic mass is 16.3. The maximum Gasteiger partial charge on any atom is 0.120 e. The standard InChI is InChI=1S/C15H26N2O/c1-4-11-17(5-2)12-10-16-13(3)14-8-6-7-9-15(14)18/h6-9,13,16,18H,4-5,10-12H2,1-3H3. The van der Waals surface area contributed by atoms with Gasteiger partial charge in [-0.1, -0.05) is 32.0 Å². The Kier molecular flexibility index (Phi) is 6.76. The Hall–Kier alpha value is -1.06. The molecule has 1 unspecified atom stereocenters. The van der Waals surface area contributed by atoms with Crippen molar-refractivity contribution in [2.75, 3.05) is 26.2 Å². The number of nitrogens with zero attached hydrogens (tertiary/aromatic N) is 1. The summed E-state index contributed by atoms with van der Waals surface area (Å²) in [4.78, 5) is 2.44. The second kappa shape index (κ2) is 8.11. The highest BCUT2D eigenvalue weighted by molar-refractivity contribution is 5.34. The first kappa shape index (κ1) is 15.0. The van der Waals surface area contributed by atoms with Crippen molar-refractivity contribution in [3.05, 3.63) is 29.8 Å². The van der Waals surface area contributed by atoms with Crippen molar-refractivity contribution in [1.29, 1.82) is 0 Å². The van der Waals surface area contributed by atoms with E-state index in [-0.39, 0.29) is 6.04 Å². The van der Waals surface area contributed by atoms with E-state index in [0.29, 0.717) is 5.75 Å². The van der Waals surface area contributed by atoms with Crippen LogP contribution < -0.4 is 5.32 Å². The average molecular weight is 250 g/mol. The van der Waals surface area contributed by atoms with Gasteiger partial charge in [-0.15, -0.1) is 0 Å². The zero-order valence-electron chi connectivity index (χ0n) is 11.8. The minimum Gasteiger partial charge on any atom is -0.508 e. The molecule has 0 aliphatic carbocycles. The quantitative estimate of drug-likeness (QED) is 0.744. The van der Waals surface area contributed by atoms with E-state index in [1.807, 2.05) is 18.2 Å². The van der Waals surface area contributed by atoms with Crippen LogP contribution in [0.1, 0.15) is 38.8 Å². The third kappa shape index (κ3) is 4.67. The van der Waals surface area contributed by atoms with Gasteiger partial charge in [0, 0.05) is 24.7 Å². The van der Waals surface area contributed by atoms with Crippen LogP contribution in [-0.2, 0) is 0 Å². The Morgan fingerprint density at radius 2 is 1.94 bits per heavy atom. The summed E-state index contributed by atoms with van der Waals surface area (Å²) in [6.07, 6.45) is 1.20. The maximum absolute atomic E-state index is 9.77. The summed E-state index contributed by atoms with van der Waals surface area (Å²) in [6.45, 7) is 10.8. The van der Waals surface area contributed by atoms with Crippen molar-refractivity contribution in [1.82, 2.24) is 10.2 Å². The fraction of sp³-hybridized carbons (Fsp3) is 0.600. The Bertz CT molecular complexity index is 341. The Morgan fingerprint density at radius 3 is 2.56 bits per heavy atom. The molecule has 18 heavy (non-hydrogen) atoms. The fourth-order valence-electron chi connectivity index (χ4n) is 2.15. The van der Waals surface area contributed by atoms with Crippen LogP contribution in [0.5, 0.6) is 5.75 Å². The average Bonchev–Trinajstić information content (AvgIpc) is 2.38. The number of nitrogens with one attached hydrogen (secondary N) is 1. The molecule has 0 radical (unpaired) electrons. The van der Waals surface area contributed by atoms with Gasteiger partial charge < -0.3 is 15.3 Å². The molecule has 0 amide bonds. The van der Waals surface area contributed by atoms with Crippen molar-refractivity contribution in [3.63, 3.8) is 0 Å². The second-order valence-corrected chi connectivity index (χ2v) is 4.67. The molecule has 0 aliphatic heterocycles. The highest BCUT2D eigenvalue weighted by Gasteiger charge is 2.09. The summed E-state index contributed by atoms with van der Waals surface area (Å²) in [5.74, 6) is 0.374. The molecule has 1 aromatic rings. The first-order valence-electron chi connectivity index (χ1n) is 6.92. The number of likely N-dealkylation sites (N-methyl/N-ethyl adjacent to an activating group) is 1. The van der Waals surface area contributed by atoms with Gasteiger partial charge >= 0.3 is 0 Å². The normalized spacial score (nSPS) is 12.9. The molecule has 0 spiro atoms. The van der Waals surface area contributed by atoms with Gasteiger partial charge in [0.25, 0.3) is 0 Å². The van der Waals surface area contributed by atoms with Crippen LogP contribution in [0.2, 0.25) is 0 Å². The molecule has 0 fully saturated rings. The molecule has 102 valence electrons. The number of hydrogen-bond donors (Lipinski definition) is 2. The summed E-state index contributed by atoms with van der Waals surface area (Å²) in [7, 11) is 0. The first-order valence-corrected chi connectivity index (χ1v) is 6.92. The first-order chi connectivity index (χ1) is 8.69. The topological polar surface area (TPSA) is 35.5 Å². The smallest absolute Gasteiger partial charge is 0.120 e. The zero-order chi connectivity index (χ0) is 13.4. The summed E-state index contributed by atoms with van der Waals surface area (Å²) < 4.78 is 0. The molecule has 1 rings (SSSR count). The molecule has 1 atom stereocenters. The van der Waals surface area contributed by atoms with Crippen LogP contribution in [0.15, 0.2) is 24.3 Å². The SMILES string of the molecule is CCCN(CC)CCNC(C)c1ccccc1O. The van der Waals surface area contributed by atoms with Gasteiger partial charge in [-0.3, -0.25) is 0 Å². The van der Waals surface area contributed by atoms with Crippen LogP contribution in [-0.4, -0.2) is 36.2 Å². The molecular weight excluding hydrogens is 224 g/mol. The monoisotopic (exact) mass is 250 g/mol. The van der Waals surface area contributed by atoms with Gasteiger partial charge in [0.15, 0.2) is 0 Å². The van der Waals surface area contributed by atoms with E-state index in [1.165, 1.54) is 6.42 Å². The van der Waals surface area contributed by atoms with E-state index in [1.54, 1.807) is 6.07 Å². The lowest BCUT2D eigenvalue weighted by atomic mass is 10.1. The van der Waals surface area contributed by atoms with Gasteiger partial charge in [-0.25, -0.2) is 0 Å². The molecule has 0 bridgehead atoms. The fourth-order valence-corrected chi connectivity index (χ4v) is 2.15. The molecule has 2 N–H and O–H groups in total. The minimum absolute atomic E-state index is 0.187. The molecule has 1 aromatic carbocycles. The number of hydrogen-bond acceptors (Lipinski definition) is 3. The van der Waals surface area contributed by atoms with Crippen LogP contribution in [0.25, 0.3) is 0 Å². The summed E-state index contributed by atoms with van der Waals surface area (Å²) >= 11 is 0. The molecule has 3 nitrogen and oxygen atoms in total. The van der Waals surface area contributed by atoms with E-state index in [9.17, 15) is 5.11 Å². The number of para-hydroxylation sites is 1. The lowest BCUT2D eigenvalue weighted by Crippen LogP contribution is -2.33. The lowest BCUT2D eigenvalue weighted by molar-refractivity contribution is 0.283. The van der Waals surface area contributed by atoms with Crippen LogP contribution >= 0.6 is 0 Å². The van der Waals surface area contributed by atoms with Crippen LogP contribution in [0, 0.1) is 0 Å². The Balaban J connectivity index is 2.37. The van der Waals surface area contributed by atoms with E-state index >= 15 is 0 Å². The van der Waals surface area contributed by atoms with Crippen molar-refractivity contribution < 1.29 is 5.11 Å². The van der Waals surface area contributed by atoms with Crippen LogP contribution in [0.3, 0.4) is 0 Å². The number of rotatable bonds is 8. The number of aromatic hydroxyl groups is 1. The number of benzene rings is 1. The van der Waals surface area contributed by atoms with Crippen molar-refractivity contribution >= 4 is 0 Å². The Labute approximate surface area is 111 Å². The van der Waals surface area contributed by atoms with E-state index in [2.05, 4.69) is 31.0 Å². The van der Waals surface area contributed by atoms with Gasteiger partial charge in [-0.05, 0) is 32.5 Å². The Morgan fingerprint density at radius 1 is 1.22 bits per heavy atom. The molecule has 0 heterocycles. The van der Waals surface area contributed by atoms with Crippen molar-refractivity contribution in [3.8, 4) is 5.75 Å². The van der Waals surface area contributed by atoms with Gasteiger partial charge in [0.1, 0.15) is 5.75 Å². The molecule has 0 saturated heterocycles. The van der Waals surface area contributed by atoms with Gasteiger partial charge in [-0.2, -0.15) is 0 Å². The molecular formula is C15H26N2O. The molecule has 0 aliphatic rings. The predicted molar refractivity (Wildman–Crippen MR) is 76.9 cm³/mol. The van der Waals surface area contributed by atoms with E-state index in [0.717, 1.165) is 31.7 Å². The molecule has 0 aromatic heterocycles. The maximum atomic E-state index is 9.77.